The summed E-state index contributed by atoms with van der Waals surface area (Å²) < 4.78 is 26.2. The molecule has 1 unspecified atom stereocenters. The Balaban J connectivity index is 1.78. The van der Waals surface area contributed by atoms with E-state index in [-0.39, 0.29) is 0 Å². The lowest BCUT2D eigenvalue weighted by atomic mass is 9.96. The van der Waals surface area contributed by atoms with E-state index in [1.54, 1.807) is 0 Å². The van der Waals surface area contributed by atoms with Crippen molar-refractivity contribution in [3.8, 4) is 0 Å². The van der Waals surface area contributed by atoms with Crippen LogP contribution in [-0.4, -0.2) is 168 Å². The van der Waals surface area contributed by atoms with Crippen molar-refractivity contribution in [2.45, 2.75) is 92.1 Å². The number of aliphatic hydroxyl groups excluding tert-OH is 11. The summed E-state index contributed by atoms with van der Waals surface area (Å²) in [4.78, 5) is 0. The molecule has 3 heterocycles. The first-order valence-corrected chi connectivity index (χ1v) is 10.6. The predicted octanol–water partition coefficient (Wildman–Crippen LogP) is -7.57. The molecule has 0 spiro atoms. The number of rotatable bonds is 7. The van der Waals surface area contributed by atoms with Gasteiger partial charge in [-0.15, -0.1) is 0 Å². The van der Waals surface area contributed by atoms with Crippen LogP contribution in [0, 0.1) is 0 Å². The van der Waals surface area contributed by atoms with E-state index in [0.29, 0.717) is 0 Å². The molecule has 0 aromatic heterocycles. The summed E-state index contributed by atoms with van der Waals surface area (Å²) in [5.74, 6) is 0. The number of ether oxygens (including phenoxy) is 5. The molecule has 0 amide bonds. The lowest BCUT2D eigenvalue weighted by molar-refractivity contribution is -0.379. The first-order chi connectivity index (χ1) is 16.0. The minimum atomic E-state index is -1.92. The molecular weight excluding hydrogens is 472 g/mol. The van der Waals surface area contributed by atoms with Crippen LogP contribution >= 0.6 is 0 Å². The maximum Gasteiger partial charge on any atom is 0.187 e. The van der Waals surface area contributed by atoms with Crippen LogP contribution in [0.25, 0.3) is 0 Å². The molecule has 34 heavy (non-hydrogen) atoms. The first-order valence-electron chi connectivity index (χ1n) is 10.6. The molecule has 0 aliphatic carbocycles. The van der Waals surface area contributed by atoms with E-state index in [1.807, 2.05) is 0 Å². The fourth-order valence-electron chi connectivity index (χ4n) is 4.04. The van der Waals surface area contributed by atoms with Crippen LogP contribution in [0.15, 0.2) is 0 Å². The van der Waals surface area contributed by atoms with Gasteiger partial charge in [-0.25, -0.2) is 0 Å². The summed E-state index contributed by atoms with van der Waals surface area (Å²) >= 11 is 0. The summed E-state index contributed by atoms with van der Waals surface area (Å²) in [6.45, 7) is -2.33. The summed E-state index contributed by atoms with van der Waals surface area (Å²) in [5.41, 5.74) is 0. The van der Waals surface area contributed by atoms with Crippen molar-refractivity contribution in [2.24, 2.45) is 0 Å². The van der Waals surface area contributed by atoms with Gasteiger partial charge in [-0.2, -0.15) is 0 Å². The average Bonchev–Trinajstić information content (AvgIpc) is 2.82. The zero-order valence-corrected chi connectivity index (χ0v) is 17.7. The normalized spacial score (nSPS) is 52.5. The van der Waals surface area contributed by atoms with Crippen molar-refractivity contribution in [3.63, 3.8) is 0 Å². The molecule has 3 saturated heterocycles. The maximum absolute atomic E-state index is 10.7. The first kappa shape index (κ1) is 27.9. The van der Waals surface area contributed by atoms with E-state index in [9.17, 15) is 56.2 Å². The van der Waals surface area contributed by atoms with Gasteiger partial charge in [0.1, 0.15) is 73.2 Å². The van der Waals surface area contributed by atoms with E-state index in [1.165, 1.54) is 0 Å². The van der Waals surface area contributed by atoms with Crippen molar-refractivity contribution >= 4 is 0 Å². The van der Waals surface area contributed by atoms with Gasteiger partial charge in [0.25, 0.3) is 0 Å². The predicted molar refractivity (Wildman–Crippen MR) is 101 cm³/mol. The van der Waals surface area contributed by atoms with Crippen LogP contribution in [0.2, 0.25) is 0 Å². The van der Waals surface area contributed by atoms with Gasteiger partial charge in [-0.05, 0) is 0 Å². The lowest BCUT2D eigenvalue weighted by Gasteiger charge is -2.47. The number of aliphatic hydroxyl groups is 11. The molecule has 200 valence electrons. The second-order valence-corrected chi connectivity index (χ2v) is 8.33. The molecule has 3 rings (SSSR count). The monoisotopic (exact) mass is 504 g/mol. The molecule has 0 bridgehead atoms. The van der Waals surface area contributed by atoms with E-state index >= 15 is 0 Å². The van der Waals surface area contributed by atoms with Gasteiger partial charge in [0.05, 0.1) is 19.8 Å². The van der Waals surface area contributed by atoms with Gasteiger partial charge in [-0.1, -0.05) is 0 Å². The lowest BCUT2D eigenvalue weighted by Crippen LogP contribution is -2.66. The quantitative estimate of drug-likeness (QED) is 0.154. The van der Waals surface area contributed by atoms with Gasteiger partial charge >= 0.3 is 0 Å². The molecule has 0 saturated carbocycles. The van der Waals surface area contributed by atoms with Crippen molar-refractivity contribution in [2.75, 3.05) is 19.8 Å². The Morgan fingerprint density at radius 1 is 0.441 bits per heavy atom. The van der Waals surface area contributed by atoms with Crippen LogP contribution in [-0.2, 0) is 23.7 Å². The van der Waals surface area contributed by atoms with Crippen molar-refractivity contribution < 1.29 is 79.9 Å². The maximum atomic E-state index is 10.7. The van der Waals surface area contributed by atoms with E-state index < -0.39 is 112 Å². The van der Waals surface area contributed by atoms with Gasteiger partial charge in [-0.3, -0.25) is 0 Å². The topological polar surface area (TPSA) is 269 Å². The van der Waals surface area contributed by atoms with E-state index in [0.717, 1.165) is 0 Å². The molecule has 11 N–H and O–H groups in total. The SMILES string of the molecule is OC[C@H]1O[C@@H](O[C@@H]2[C@@H](O)[C@@H](O[C@H]3[C@H](O)[C@@H](CO)OC(O)[C@@H]3O)O[C@H](CO)[C@H]2O)[C@H](O)[C@@H](O)[C@@H]1O. The van der Waals surface area contributed by atoms with Crippen LogP contribution in [0.5, 0.6) is 0 Å². The second-order valence-electron chi connectivity index (χ2n) is 8.33. The van der Waals surface area contributed by atoms with Gasteiger partial charge in [0.2, 0.25) is 0 Å². The Bertz CT molecular complexity index is 639. The highest BCUT2D eigenvalue weighted by atomic mass is 16.7. The molecule has 3 fully saturated rings. The molecule has 16 nitrogen and oxygen atoms in total. The average molecular weight is 504 g/mol. The van der Waals surface area contributed by atoms with Crippen LogP contribution in [0.1, 0.15) is 0 Å². The number of hydrogen-bond donors (Lipinski definition) is 11. The largest absolute Gasteiger partial charge is 0.394 e. The number of hydrogen-bond acceptors (Lipinski definition) is 16. The molecule has 15 atom stereocenters. The third-order valence-corrected chi connectivity index (χ3v) is 6.09. The Morgan fingerprint density at radius 2 is 0.853 bits per heavy atom. The van der Waals surface area contributed by atoms with E-state index in [2.05, 4.69) is 0 Å². The fraction of sp³-hybridized carbons (Fsp3) is 1.00. The summed E-state index contributed by atoms with van der Waals surface area (Å²) in [6, 6.07) is 0. The minimum absolute atomic E-state index is 0.750. The summed E-state index contributed by atoms with van der Waals surface area (Å²) in [5, 5.41) is 110. The van der Waals surface area contributed by atoms with E-state index in [4.69, 9.17) is 23.7 Å². The van der Waals surface area contributed by atoms with Crippen LogP contribution < -0.4 is 0 Å². The summed E-state index contributed by atoms with van der Waals surface area (Å²) in [6.07, 6.45) is -25.5. The van der Waals surface area contributed by atoms with Crippen LogP contribution in [0.4, 0.5) is 0 Å². The zero-order chi connectivity index (χ0) is 25.3. The highest BCUT2D eigenvalue weighted by Crippen LogP contribution is 2.32. The molecule has 3 aliphatic heterocycles. The van der Waals surface area contributed by atoms with Crippen molar-refractivity contribution in [1.82, 2.24) is 0 Å². The van der Waals surface area contributed by atoms with Crippen molar-refractivity contribution in [3.05, 3.63) is 0 Å². The fourth-order valence-corrected chi connectivity index (χ4v) is 4.04. The third kappa shape index (κ3) is 5.37. The zero-order valence-electron chi connectivity index (χ0n) is 17.7. The molecule has 0 aromatic rings. The van der Waals surface area contributed by atoms with Gasteiger partial charge in [0, 0.05) is 0 Å². The Kier molecular flexibility index (Phi) is 9.54. The highest BCUT2D eigenvalue weighted by molar-refractivity contribution is 4.96. The smallest absolute Gasteiger partial charge is 0.187 e. The Hall–Kier alpha value is -0.640. The molecule has 3 aliphatic rings. The molecular formula is C18H32O16. The summed E-state index contributed by atoms with van der Waals surface area (Å²) in [7, 11) is 0. The van der Waals surface area contributed by atoms with Gasteiger partial charge < -0.3 is 79.9 Å². The Labute approximate surface area is 192 Å². The second kappa shape index (κ2) is 11.6. The third-order valence-electron chi connectivity index (χ3n) is 6.09. The highest BCUT2D eigenvalue weighted by Gasteiger charge is 2.53. The van der Waals surface area contributed by atoms with Crippen LogP contribution in [0.3, 0.4) is 0 Å². The molecule has 16 heteroatoms. The molecule has 0 radical (unpaired) electrons. The van der Waals surface area contributed by atoms with Gasteiger partial charge in [0.15, 0.2) is 18.9 Å². The molecule has 0 aromatic carbocycles. The minimum Gasteiger partial charge on any atom is -0.394 e. The Morgan fingerprint density at radius 3 is 1.35 bits per heavy atom. The van der Waals surface area contributed by atoms with Crippen molar-refractivity contribution in [1.29, 1.82) is 0 Å². The standard InChI is InChI=1S/C18H32O16/c19-1-4-7(22)10(25)11(26)17(31-4)34-15-9(24)6(3-21)32-18(13(15)28)33-14-8(23)5(2-20)30-16(29)12(14)27/h4-29H,1-3H2/t4-,5-,6-,7-,8-,9-,10+,11-,12-,13-,14+,15+,16?,17+,18-/m1/s1.